The number of hydrogen-bond acceptors (Lipinski definition) is 6. The predicted octanol–water partition coefficient (Wildman–Crippen LogP) is 1.27. The van der Waals surface area contributed by atoms with Crippen LogP contribution in [0.15, 0.2) is 12.1 Å². The number of piperazine rings is 1. The molecule has 2 rings (SSSR count). The van der Waals surface area contributed by atoms with E-state index in [-0.39, 0.29) is 22.9 Å². The molecule has 152 valence electrons. The van der Waals surface area contributed by atoms with Crippen molar-refractivity contribution < 1.29 is 22.7 Å². The van der Waals surface area contributed by atoms with Crippen molar-refractivity contribution in [2.24, 2.45) is 0 Å². The number of amides is 1. The van der Waals surface area contributed by atoms with E-state index in [0.29, 0.717) is 24.6 Å². The third kappa shape index (κ3) is 4.47. The minimum absolute atomic E-state index is 0.0688. The van der Waals surface area contributed by atoms with Gasteiger partial charge in [-0.3, -0.25) is 9.10 Å². The summed E-state index contributed by atoms with van der Waals surface area (Å²) in [4.78, 5) is 17.2. The van der Waals surface area contributed by atoms with Gasteiger partial charge in [-0.15, -0.1) is 0 Å². The van der Waals surface area contributed by atoms with Gasteiger partial charge in [0.1, 0.15) is 0 Å². The molecule has 1 fully saturated rings. The summed E-state index contributed by atoms with van der Waals surface area (Å²) in [5.74, 6) is 0.484. The minimum atomic E-state index is -3.54. The van der Waals surface area contributed by atoms with Crippen molar-refractivity contribution >= 4 is 21.6 Å². The molecule has 0 N–H and O–H groups in total. The van der Waals surface area contributed by atoms with E-state index in [2.05, 4.69) is 11.8 Å². The van der Waals surface area contributed by atoms with Gasteiger partial charge < -0.3 is 19.3 Å². The van der Waals surface area contributed by atoms with Crippen LogP contribution in [0.5, 0.6) is 11.5 Å². The molecule has 1 aromatic rings. The van der Waals surface area contributed by atoms with Crippen LogP contribution in [0, 0.1) is 0 Å². The summed E-state index contributed by atoms with van der Waals surface area (Å²) in [6, 6.07) is 3.10. The van der Waals surface area contributed by atoms with Crippen molar-refractivity contribution in [2.75, 3.05) is 64.0 Å². The second-order valence-electron chi connectivity index (χ2n) is 6.32. The maximum atomic E-state index is 13.2. The normalized spacial score (nSPS) is 15.5. The zero-order valence-corrected chi connectivity index (χ0v) is 17.5. The fourth-order valence-corrected chi connectivity index (χ4v) is 3.92. The van der Waals surface area contributed by atoms with Crippen LogP contribution >= 0.6 is 0 Å². The molecule has 1 aromatic carbocycles. The Morgan fingerprint density at radius 1 is 1.07 bits per heavy atom. The van der Waals surface area contributed by atoms with Crippen LogP contribution in [0.3, 0.4) is 0 Å². The number of ether oxygens (including phenoxy) is 2. The lowest BCUT2D eigenvalue weighted by Gasteiger charge is -2.35. The van der Waals surface area contributed by atoms with Crippen molar-refractivity contribution in [1.29, 1.82) is 0 Å². The van der Waals surface area contributed by atoms with Gasteiger partial charge in [0.2, 0.25) is 10.0 Å². The summed E-state index contributed by atoms with van der Waals surface area (Å²) in [6.07, 6.45) is 0. The van der Waals surface area contributed by atoms with Crippen molar-refractivity contribution in [3.05, 3.63) is 17.7 Å². The van der Waals surface area contributed by atoms with Gasteiger partial charge in [-0.05, 0) is 19.5 Å². The Bertz CT molecular complexity index is 773. The van der Waals surface area contributed by atoms with Crippen molar-refractivity contribution in [2.45, 2.75) is 13.8 Å². The van der Waals surface area contributed by atoms with Crippen LogP contribution in [-0.4, -0.2) is 83.9 Å². The maximum absolute atomic E-state index is 13.2. The van der Waals surface area contributed by atoms with Crippen molar-refractivity contribution in [3.8, 4) is 11.5 Å². The average molecular weight is 400 g/mol. The van der Waals surface area contributed by atoms with E-state index < -0.39 is 10.0 Å². The number of nitrogens with zero attached hydrogens (tertiary/aromatic N) is 3. The summed E-state index contributed by atoms with van der Waals surface area (Å²) in [5.41, 5.74) is 0.578. The van der Waals surface area contributed by atoms with E-state index in [1.165, 1.54) is 21.3 Å². The highest BCUT2D eigenvalue weighted by Gasteiger charge is 2.29. The molecule has 1 amide bonds. The summed E-state index contributed by atoms with van der Waals surface area (Å²) in [6.45, 7) is 7.41. The molecule has 0 radical (unpaired) electrons. The largest absolute Gasteiger partial charge is 0.493 e. The van der Waals surface area contributed by atoms with Crippen molar-refractivity contribution in [3.63, 3.8) is 0 Å². The first-order valence-electron chi connectivity index (χ1n) is 9.03. The smallest absolute Gasteiger partial charge is 0.256 e. The highest BCUT2D eigenvalue weighted by atomic mass is 32.2. The molecule has 0 spiro atoms. The van der Waals surface area contributed by atoms with Gasteiger partial charge in [0.25, 0.3) is 5.91 Å². The highest BCUT2D eigenvalue weighted by molar-refractivity contribution is 7.92. The number of hydrogen-bond donors (Lipinski definition) is 0. The fourth-order valence-electron chi connectivity index (χ4n) is 3.08. The van der Waals surface area contributed by atoms with Crippen LogP contribution in [0.1, 0.15) is 24.2 Å². The first-order valence-corrected chi connectivity index (χ1v) is 10.6. The molecule has 0 bridgehead atoms. The molecule has 0 unspecified atom stereocenters. The monoisotopic (exact) mass is 399 g/mol. The van der Waals surface area contributed by atoms with Crippen LogP contribution in [0.4, 0.5) is 5.69 Å². The number of benzene rings is 1. The Kier molecular flexibility index (Phi) is 6.94. The van der Waals surface area contributed by atoms with E-state index in [9.17, 15) is 13.2 Å². The summed E-state index contributed by atoms with van der Waals surface area (Å²) < 4.78 is 36.6. The molecular weight excluding hydrogens is 370 g/mol. The van der Waals surface area contributed by atoms with Crippen LogP contribution < -0.4 is 13.8 Å². The molecular formula is C18H29N3O5S. The van der Waals surface area contributed by atoms with Crippen molar-refractivity contribution in [1.82, 2.24) is 9.80 Å². The molecule has 1 heterocycles. The minimum Gasteiger partial charge on any atom is -0.493 e. The van der Waals surface area contributed by atoms with E-state index in [1.807, 2.05) is 0 Å². The van der Waals surface area contributed by atoms with Crippen LogP contribution in [0.2, 0.25) is 0 Å². The van der Waals surface area contributed by atoms with Gasteiger partial charge in [0, 0.05) is 39.3 Å². The lowest BCUT2D eigenvalue weighted by Crippen LogP contribution is -2.48. The van der Waals surface area contributed by atoms with Crippen LogP contribution in [0.25, 0.3) is 0 Å². The van der Waals surface area contributed by atoms with E-state index in [4.69, 9.17) is 9.47 Å². The molecule has 27 heavy (non-hydrogen) atoms. The molecule has 0 saturated carbocycles. The van der Waals surface area contributed by atoms with Gasteiger partial charge in [0.05, 0.1) is 31.2 Å². The first kappa shape index (κ1) is 21.3. The first-order chi connectivity index (χ1) is 12.8. The van der Waals surface area contributed by atoms with E-state index in [0.717, 1.165) is 23.9 Å². The Morgan fingerprint density at radius 3 is 2.11 bits per heavy atom. The van der Waals surface area contributed by atoms with E-state index >= 15 is 0 Å². The second kappa shape index (κ2) is 8.79. The Morgan fingerprint density at radius 2 is 1.63 bits per heavy atom. The second-order valence-corrected chi connectivity index (χ2v) is 8.61. The summed E-state index contributed by atoms with van der Waals surface area (Å²) in [7, 11) is 0.871. The van der Waals surface area contributed by atoms with Gasteiger partial charge in [-0.2, -0.15) is 0 Å². The molecule has 9 heteroatoms. The zero-order valence-electron chi connectivity index (χ0n) is 16.7. The molecule has 8 nitrogen and oxygen atoms in total. The lowest BCUT2D eigenvalue weighted by molar-refractivity contribution is 0.0644. The fraction of sp³-hybridized carbons (Fsp3) is 0.611. The maximum Gasteiger partial charge on any atom is 0.256 e. The number of carbonyl (C=O) groups excluding carboxylic acids is 1. The van der Waals surface area contributed by atoms with Crippen LogP contribution in [-0.2, 0) is 10.0 Å². The Hall–Kier alpha value is -2.00. The number of methoxy groups -OCH3 is 2. The van der Waals surface area contributed by atoms with Gasteiger partial charge in [-0.1, -0.05) is 6.92 Å². The summed E-state index contributed by atoms with van der Waals surface area (Å²) in [5, 5.41) is 0. The third-order valence-electron chi connectivity index (χ3n) is 4.96. The topological polar surface area (TPSA) is 79.4 Å². The lowest BCUT2D eigenvalue weighted by atomic mass is 10.1. The molecule has 1 saturated heterocycles. The number of anilines is 1. The Balaban J connectivity index is 2.48. The molecule has 0 atom stereocenters. The Labute approximate surface area is 161 Å². The molecule has 1 aliphatic rings. The van der Waals surface area contributed by atoms with E-state index in [1.54, 1.807) is 24.0 Å². The molecule has 0 aromatic heterocycles. The highest BCUT2D eigenvalue weighted by Crippen LogP contribution is 2.36. The molecule has 1 aliphatic heterocycles. The quantitative estimate of drug-likeness (QED) is 0.687. The van der Waals surface area contributed by atoms with Gasteiger partial charge in [0.15, 0.2) is 11.5 Å². The van der Waals surface area contributed by atoms with Gasteiger partial charge in [-0.25, -0.2) is 8.42 Å². The number of likely N-dealkylation sites (N-methyl/N-ethyl adjacent to an activating group) is 1. The average Bonchev–Trinajstić information content (AvgIpc) is 2.71. The zero-order chi connectivity index (χ0) is 20.2. The number of carbonyl (C=O) groups is 1. The third-order valence-corrected chi connectivity index (χ3v) is 6.72. The number of rotatable bonds is 7. The number of sulfonamides is 1. The standard InChI is InChI=1S/C18H29N3O5S/c1-6-20-8-10-21(11-9-20)18(22)14-12-16(25-4)17(26-5)13-15(14)19(3)27(23,24)7-2/h12-13H,6-11H2,1-5H3. The van der Waals surface area contributed by atoms with Gasteiger partial charge >= 0.3 is 0 Å². The summed E-state index contributed by atoms with van der Waals surface area (Å²) >= 11 is 0. The SMILES string of the molecule is CCN1CCN(C(=O)c2cc(OC)c(OC)cc2N(C)S(=O)(=O)CC)CC1. The predicted molar refractivity (Wildman–Crippen MR) is 105 cm³/mol. The molecule has 0 aliphatic carbocycles.